The molecule has 0 N–H and O–H groups in total. The van der Waals surface area contributed by atoms with Gasteiger partial charge in [-0.2, -0.15) is 5.26 Å². The van der Waals surface area contributed by atoms with Gasteiger partial charge in [-0.05, 0) is 78.2 Å². The molecule has 0 saturated heterocycles. The fourth-order valence-electron chi connectivity index (χ4n) is 5.07. The molecule has 6 aromatic rings. The van der Waals surface area contributed by atoms with Gasteiger partial charge >= 0.3 is 5.91 Å². The minimum Gasteiger partial charge on any atom is -0.278 e. The van der Waals surface area contributed by atoms with Crippen LogP contribution in [-0.2, 0) is 0 Å². The summed E-state index contributed by atoms with van der Waals surface area (Å²) in [7, 11) is 0. The number of carbonyl (C=O) groups is 1. The largest absolute Gasteiger partial charge is 0.316 e. The SMILES string of the molecule is N#Cc1cccnc1-c1c(-c2cccc(-c3ccc(C(=O)N=O)cc3Cl)c2)n(Sc2ccc(C(F)F)cc2)c2ccc(F)cc12. The molecule has 0 atom stereocenters. The lowest BCUT2D eigenvalue weighted by Gasteiger charge is -2.14. The first-order chi connectivity index (χ1) is 21.8. The van der Waals surface area contributed by atoms with Crippen molar-refractivity contribution in [2.24, 2.45) is 5.18 Å². The van der Waals surface area contributed by atoms with E-state index >= 15 is 0 Å². The van der Waals surface area contributed by atoms with Crippen LogP contribution in [-0.4, -0.2) is 14.9 Å². The van der Waals surface area contributed by atoms with E-state index in [1.807, 2.05) is 22.2 Å². The van der Waals surface area contributed by atoms with Crippen LogP contribution < -0.4 is 0 Å². The fourth-order valence-corrected chi connectivity index (χ4v) is 6.38. The number of alkyl halides is 2. The van der Waals surface area contributed by atoms with Crippen LogP contribution in [0.3, 0.4) is 0 Å². The number of pyridine rings is 1. The molecule has 0 spiro atoms. The summed E-state index contributed by atoms with van der Waals surface area (Å²) in [6.45, 7) is 0. The Morgan fingerprint density at radius 1 is 0.956 bits per heavy atom. The van der Waals surface area contributed by atoms with Crippen LogP contribution in [0.2, 0.25) is 5.02 Å². The van der Waals surface area contributed by atoms with Gasteiger partial charge in [0.2, 0.25) is 0 Å². The first-order valence-electron chi connectivity index (χ1n) is 13.3. The van der Waals surface area contributed by atoms with E-state index < -0.39 is 18.1 Å². The van der Waals surface area contributed by atoms with Crippen LogP contribution in [0.1, 0.15) is 27.9 Å². The number of benzene rings is 4. The van der Waals surface area contributed by atoms with Crippen molar-refractivity contribution in [1.29, 1.82) is 5.26 Å². The summed E-state index contributed by atoms with van der Waals surface area (Å²) in [5, 5.41) is 13.1. The average molecular weight is 639 g/mol. The zero-order valence-corrected chi connectivity index (χ0v) is 24.5. The third-order valence-corrected chi connectivity index (χ3v) is 8.48. The quantitative estimate of drug-likeness (QED) is 0.162. The van der Waals surface area contributed by atoms with Crippen LogP contribution in [0.4, 0.5) is 13.2 Å². The average Bonchev–Trinajstić information content (AvgIpc) is 3.37. The molecule has 0 aliphatic carbocycles. The molecule has 0 saturated carbocycles. The molecule has 6 nitrogen and oxygen atoms in total. The fraction of sp³-hybridized carbons (Fsp3) is 0.0294. The molecule has 1 amide bonds. The number of carbonyl (C=O) groups excluding carboxylic acids is 1. The van der Waals surface area contributed by atoms with Gasteiger partial charge in [-0.1, -0.05) is 48.0 Å². The maximum atomic E-state index is 14.8. The first kappa shape index (κ1) is 29.8. The number of nitriles is 1. The van der Waals surface area contributed by atoms with Gasteiger partial charge in [0.05, 0.1) is 22.5 Å². The number of aromatic nitrogens is 2. The van der Waals surface area contributed by atoms with Gasteiger partial charge in [0.1, 0.15) is 11.9 Å². The van der Waals surface area contributed by atoms with E-state index in [0.29, 0.717) is 49.4 Å². The number of nitroso groups, excluding NO2 is 1. The van der Waals surface area contributed by atoms with E-state index in [9.17, 15) is 28.1 Å². The normalized spacial score (nSPS) is 11.1. The Kier molecular flexibility index (Phi) is 8.22. The van der Waals surface area contributed by atoms with Crippen LogP contribution in [0.5, 0.6) is 0 Å². The zero-order chi connectivity index (χ0) is 31.7. The maximum Gasteiger partial charge on any atom is 0.316 e. The minimum atomic E-state index is -2.62. The molecule has 0 aliphatic rings. The van der Waals surface area contributed by atoms with E-state index in [2.05, 4.69) is 16.2 Å². The molecule has 4 aromatic carbocycles. The van der Waals surface area contributed by atoms with E-state index in [4.69, 9.17) is 11.6 Å². The topological polar surface area (TPSA) is 88.1 Å². The molecule has 0 aliphatic heterocycles. The predicted molar refractivity (Wildman–Crippen MR) is 169 cm³/mol. The Bertz CT molecular complexity index is 2160. The van der Waals surface area contributed by atoms with Gasteiger partial charge in [0.25, 0.3) is 6.43 Å². The lowest BCUT2D eigenvalue weighted by atomic mass is 9.96. The van der Waals surface area contributed by atoms with E-state index in [0.717, 1.165) is 0 Å². The second kappa shape index (κ2) is 12.4. The van der Waals surface area contributed by atoms with E-state index in [1.165, 1.54) is 48.3 Å². The summed E-state index contributed by atoms with van der Waals surface area (Å²) in [6.07, 6.45) is -1.07. The smallest absolute Gasteiger partial charge is 0.278 e. The molecule has 0 unspecified atom stereocenters. The molecule has 2 aromatic heterocycles. The van der Waals surface area contributed by atoms with Crippen molar-refractivity contribution < 1.29 is 18.0 Å². The van der Waals surface area contributed by atoms with Crippen molar-refractivity contribution in [2.75, 3.05) is 0 Å². The number of amides is 1. The highest BCUT2D eigenvalue weighted by molar-refractivity contribution is 7.98. The van der Waals surface area contributed by atoms with Crippen molar-refractivity contribution in [2.45, 2.75) is 11.3 Å². The van der Waals surface area contributed by atoms with Gasteiger partial charge < -0.3 is 0 Å². The third-order valence-electron chi connectivity index (χ3n) is 7.13. The lowest BCUT2D eigenvalue weighted by molar-refractivity contribution is 0.100. The summed E-state index contributed by atoms with van der Waals surface area (Å²) in [5.74, 6) is -1.44. The molecule has 6 rings (SSSR count). The van der Waals surface area contributed by atoms with Crippen LogP contribution in [0.25, 0.3) is 44.5 Å². The number of hydrogen-bond donors (Lipinski definition) is 0. The summed E-state index contributed by atoms with van der Waals surface area (Å²) < 4.78 is 43.2. The number of hydrogen-bond acceptors (Lipinski definition) is 5. The van der Waals surface area contributed by atoms with Gasteiger partial charge in [0.15, 0.2) is 0 Å². The Morgan fingerprint density at radius 3 is 2.44 bits per heavy atom. The van der Waals surface area contributed by atoms with Gasteiger partial charge in [0, 0.05) is 54.5 Å². The zero-order valence-electron chi connectivity index (χ0n) is 22.9. The predicted octanol–water partition coefficient (Wildman–Crippen LogP) is 10.1. The van der Waals surface area contributed by atoms with Gasteiger partial charge in [-0.3, -0.25) is 13.8 Å². The van der Waals surface area contributed by atoms with Crippen LogP contribution in [0.15, 0.2) is 113 Å². The van der Waals surface area contributed by atoms with Crippen LogP contribution >= 0.6 is 23.5 Å². The van der Waals surface area contributed by atoms with Crippen molar-refractivity contribution in [3.05, 3.63) is 136 Å². The molecule has 11 heteroatoms. The summed E-state index contributed by atoms with van der Waals surface area (Å²) in [4.78, 5) is 27.7. The number of nitrogens with zero attached hydrogens (tertiary/aromatic N) is 4. The molecule has 0 radical (unpaired) electrons. The lowest BCUT2D eigenvalue weighted by Crippen LogP contribution is -1.96. The summed E-state index contributed by atoms with van der Waals surface area (Å²) >= 11 is 7.78. The molecule has 0 bridgehead atoms. The molecular weight excluding hydrogens is 621 g/mol. The Hall–Kier alpha value is -5.24. The highest BCUT2D eigenvalue weighted by Crippen LogP contribution is 2.46. The van der Waals surface area contributed by atoms with E-state index in [-0.39, 0.29) is 21.7 Å². The van der Waals surface area contributed by atoms with Crippen molar-refractivity contribution in [3.8, 4) is 39.7 Å². The molecule has 45 heavy (non-hydrogen) atoms. The van der Waals surface area contributed by atoms with Crippen molar-refractivity contribution in [3.63, 3.8) is 0 Å². The second-order valence-electron chi connectivity index (χ2n) is 9.82. The van der Waals surface area contributed by atoms with Crippen LogP contribution in [0, 0.1) is 22.1 Å². The number of fused-ring (bicyclic) bond motifs is 1. The van der Waals surface area contributed by atoms with Crippen molar-refractivity contribution in [1.82, 2.24) is 8.96 Å². The third kappa shape index (κ3) is 5.71. The standard InChI is InChI=1S/C34H18ClF3N4O2S/c35-28-16-22(34(43)41-44)8-12-26(28)20-3-1-4-21(15-20)32-30(31-23(18-39)5-2-14-40-31)27-17-24(36)9-13-29(27)42(32)45-25-10-6-19(7-11-25)33(37)38/h1-17,33H. The maximum absolute atomic E-state index is 14.8. The molecule has 2 heterocycles. The molecule has 220 valence electrons. The highest BCUT2D eigenvalue weighted by atomic mass is 35.5. The Labute approximate surface area is 263 Å². The second-order valence-corrected chi connectivity index (χ2v) is 11.3. The van der Waals surface area contributed by atoms with Gasteiger partial charge in [-0.25, -0.2) is 13.2 Å². The molecular formula is C34H18ClF3N4O2S. The highest BCUT2D eigenvalue weighted by Gasteiger charge is 2.25. The first-order valence-corrected chi connectivity index (χ1v) is 14.5. The Morgan fingerprint density at radius 2 is 1.73 bits per heavy atom. The van der Waals surface area contributed by atoms with Crippen molar-refractivity contribution >= 4 is 40.4 Å². The molecule has 0 fully saturated rings. The van der Waals surface area contributed by atoms with Gasteiger partial charge in [-0.15, -0.1) is 4.91 Å². The number of rotatable bonds is 7. The Balaban J connectivity index is 1.62. The van der Waals surface area contributed by atoms with E-state index in [1.54, 1.807) is 48.7 Å². The monoisotopic (exact) mass is 638 g/mol. The minimum absolute atomic E-state index is 0.0489. The number of halogens is 4. The summed E-state index contributed by atoms with van der Waals surface area (Å²) in [6, 6.07) is 27.3. The summed E-state index contributed by atoms with van der Waals surface area (Å²) in [5.41, 5.74) is 4.10.